The first-order valence-corrected chi connectivity index (χ1v) is 9.25. The van der Waals surface area contributed by atoms with E-state index in [0.717, 1.165) is 30.7 Å². The average molecular weight is 344 g/mol. The van der Waals surface area contributed by atoms with Gasteiger partial charge >= 0.3 is 0 Å². The third-order valence-corrected chi connectivity index (χ3v) is 3.90. The van der Waals surface area contributed by atoms with E-state index in [9.17, 15) is 0 Å². The molecule has 3 heteroatoms. The molecule has 0 aliphatic rings. The molecule has 0 unspecified atom stereocenters. The first-order valence-electron chi connectivity index (χ1n) is 9.25. The maximum absolute atomic E-state index is 6.02. The fourth-order valence-corrected chi connectivity index (χ4v) is 2.38. The van der Waals surface area contributed by atoms with Crippen LogP contribution in [0.5, 0.6) is 0 Å². The van der Waals surface area contributed by atoms with Crippen LogP contribution in [0, 0.1) is 17.8 Å². The van der Waals surface area contributed by atoms with E-state index in [1.807, 2.05) is 20.0 Å². The van der Waals surface area contributed by atoms with Crippen LogP contribution in [0.15, 0.2) is 48.0 Å². The Balaban J connectivity index is 5.84. The predicted molar refractivity (Wildman–Crippen MR) is 111 cm³/mol. The molecule has 0 heterocycles. The minimum Gasteiger partial charge on any atom is -0.332 e. The number of rotatable bonds is 10. The normalized spacial score (nSPS) is 12.7. The first kappa shape index (κ1) is 23.1. The van der Waals surface area contributed by atoms with Gasteiger partial charge in [-0.3, -0.25) is 0 Å². The van der Waals surface area contributed by atoms with Crippen molar-refractivity contribution in [2.45, 2.75) is 60.3 Å². The predicted octanol–water partition coefficient (Wildman–Crippen LogP) is 5.21. The van der Waals surface area contributed by atoms with Crippen LogP contribution >= 0.6 is 0 Å². The van der Waals surface area contributed by atoms with Gasteiger partial charge in [-0.15, -0.1) is 5.92 Å². The molecule has 0 aromatic rings. The molecular formula is C22H37N3. The van der Waals surface area contributed by atoms with Gasteiger partial charge in [0.05, 0.1) is 12.2 Å². The molecule has 0 aromatic heterocycles. The van der Waals surface area contributed by atoms with Crippen LogP contribution in [0.4, 0.5) is 0 Å². The molecule has 0 saturated heterocycles. The number of unbranched alkanes of at least 4 members (excludes halogenated alkanes) is 2. The Labute approximate surface area is 155 Å². The summed E-state index contributed by atoms with van der Waals surface area (Å²) in [4.78, 5) is 2.28. The van der Waals surface area contributed by atoms with E-state index in [4.69, 9.17) is 5.84 Å². The van der Waals surface area contributed by atoms with E-state index < -0.39 is 0 Å². The van der Waals surface area contributed by atoms with Gasteiger partial charge < -0.3 is 9.91 Å². The molecule has 0 aliphatic heterocycles. The van der Waals surface area contributed by atoms with E-state index in [1.54, 1.807) is 11.1 Å². The van der Waals surface area contributed by atoms with Crippen LogP contribution in [0.1, 0.15) is 60.3 Å². The number of hydrazine groups is 1. The molecule has 0 saturated carbocycles. The zero-order chi connectivity index (χ0) is 19.2. The summed E-state index contributed by atoms with van der Waals surface area (Å²) in [5.74, 6) is 13.2. The SMILES string of the molecule is C=C/C=C/C(=C(/C)N(C)N)N(CC#CCCCC)/C(=C\C)CC(C)C. The Morgan fingerprint density at radius 2 is 1.96 bits per heavy atom. The van der Waals surface area contributed by atoms with Crippen molar-refractivity contribution in [2.24, 2.45) is 11.8 Å². The summed E-state index contributed by atoms with van der Waals surface area (Å²) < 4.78 is 0. The highest BCUT2D eigenvalue weighted by Crippen LogP contribution is 2.23. The van der Waals surface area contributed by atoms with Gasteiger partial charge in [-0.05, 0) is 38.7 Å². The highest BCUT2D eigenvalue weighted by molar-refractivity contribution is 5.30. The van der Waals surface area contributed by atoms with Gasteiger partial charge in [0.1, 0.15) is 0 Å². The molecule has 0 bridgehead atoms. The van der Waals surface area contributed by atoms with Gasteiger partial charge in [0.25, 0.3) is 0 Å². The smallest absolute Gasteiger partial charge is 0.0840 e. The second-order valence-electron chi connectivity index (χ2n) is 6.60. The molecule has 0 amide bonds. The van der Waals surface area contributed by atoms with Gasteiger partial charge in [-0.2, -0.15) is 0 Å². The Bertz CT molecular complexity index is 539. The molecule has 2 N–H and O–H groups in total. The largest absolute Gasteiger partial charge is 0.332 e. The van der Waals surface area contributed by atoms with Gasteiger partial charge in [0, 0.05) is 24.9 Å². The number of hydrogen-bond donors (Lipinski definition) is 1. The third kappa shape index (κ3) is 9.22. The van der Waals surface area contributed by atoms with E-state index in [0.29, 0.717) is 12.5 Å². The second kappa shape index (κ2) is 13.4. The maximum Gasteiger partial charge on any atom is 0.0840 e. The topological polar surface area (TPSA) is 32.5 Å². The molecule has 0 rings (SSSR count). The summed E-state index contributed by atoms with van der Waals surface area (Å²) in [7, 11) is 1.86. The van der Waals surface area contributed by atoms with Crippen LogP contribution in [-0.4, -0.2) is 23.5 Å². The zero-order valence-corrected chi connectivity index (χ0v) is 17.1. The minimum absolute atomic E-state index is 0.572. The van der Waals surface area contributed by atoms with Crippen LogP contribution in [0.3, 0.4) is 0 Å². The van der Waals surface area contributed by atoms with Crippen molar-refractivity contribution >= 4 is 0 Å². The average Bonchev–Trinajstić information content (AvgIpc) is 2.57. The molecule has 0 spiro atoms. The summed E-state index contributed by atoms with van der Waals surface area (Å²) in [5, 5.41) is 1.66. The highest BCUT2D eigenvalue weighted by atomic mass is 15.4. The number of nitrogens with two attached hydrogens (primary N) is 1. The standard InChI is InChI=1S/C22H37N3/c1-8-11-13-14-15-17-25(21(10-3)18-19(4)5)22(16-12-9-2)20(6)24(7)23/h9-10,12,16,19H,2,8,11,13,17-18,23H2,1,3-7H3/b16-12+,21-10-,22-20+. The van der Waals surface area contributed by atoms with Gasteiger partial charge in [-0.1, -0.05) is 57.9 Å². The minimum atomic E-state index is 0.572. The van der Waals surface area contributed by atoms with Crippen molar-refractivity contribution in [1.82, 2.24) is 9.91 Å². The van der Waals surface area contributed by atoms with Crippen molar-refractivity contribution in [2.75, 3.05) is 13.6 Å². The molecule has 140 valence electrons. The molecule has 0 aromatic carbocycles. The Hall–Kier alpha value is -1.92. The molecule has 25 heavy (non-hydrogen) atoms. The number of nitrogens with zero attached hydrogens (tertiary/aromatic N) is 2. The lowest BCUT2D eigenvalue weighted by molar-refractivity contribution is 0.387. The first-order chi connectivity index (χ1) is 11.9. The van der Waals surface area contributed by atoms with Crippen LogP contribution in [0.2, 0.25) is 0 Å². The lowest BCUT2D eigenvalue weighted by Crippen LogP contribution is -2.31. The molecule has 3 nitrogen and oxygen atoms in total. The quantitative estimate of drug-likeness (QED) is 0.194. The number of hydrogen-bond acceptors (Lipinski definition) is 3. The van der Waals surface area contributed by atoms with Crippen molar-refractivity contribution in [1.29, 1.82) is 0 Å². The Kier molecular flexibility index (Phi) is 12.4. The molecule has 0 fully saturated rings. The van der Waals surface area contributed by atoms with Crippen LogP contribution in [-0.2, 0) is 0 Å². The summed E-state index contributed by atoms with van der Waals surface area (Å²) in [6, 6.07) is 0. The third-order valence-electron chi connectivity index (χ3n) is 3.90. The molecule has 0 aliphatic carbocycles. The summed E-state index contributed by atoms with van der Waals surface area (Å²) in [6.45, 7) is 15.2. The maximum atomic E-state index is 6.02. The molecule has 0 radical (unpaired) electrons. The fraction of sp³-hybridized carbons (Fsp3) is 0.545. The summed E-state index contributed by atoms with van der Waals surface area (Å²) in [6.07, 6.45) is 12.3. The lowest BCUT2D eigenvalue weighted by atomic mass is 10.1. The van der Waals surface area contributed by atoms with Gasteiger partial charge in [0.2, 0.25) is 0 Å². The lowest BCUT2D eigenvalue weighted by Gasteiger charge is -2.31. The second-order valence-corrected chi connectivity index (χ2v) is 6.60. The molecular weight excluding hydrogens is 306 g/mol. The fourth-order valence-electron chi connectivity index (χ4n) is 2.38. The summed E-state index contributed by atoms with van der Waals surface area (Å²) in [5.41, 5.74) is 3.32. The van der Waals surface area contributed by atoms with E-state index >= 15 is 0 Å². The monoisotopic (exact) mass is 343 g/mol. The Morgan fingerprint density at radius 1 is 1.28 bits per heavy atom. The number of allylic oxidation sites excluding steroid dienone is 6. The Morgan fingerprint density at radius 3 is 2.44 bits per heavy atom. The molecule has 0 atom stereocenters. The highest BCUT2D eigenvalue weighted by Gasteiger charge is 2.16. The summed E-state index contributed by atoms with van der Waals surface area (Å²) >= 11 is 0. The van der Waals surface area contributed by atoms with Crippen LogP contribution in [0.25, 0.3) is 0 Å². The van der Waals surface area contributed by atoms with E-state index in [1.165, 1.54) is 12.1 Å². The van der Waals surface area contributed by atoms with Crippen molar-refractivity contribution in [3.63, 3.8) is 0 Å². The zero-order valence-electron chi connectivity index (χ0n) is 17.1. The van der Waals surface area contributed by atoms with Crippen molar-refractivity contribution in [3.8, 4) is 11.8 Å². The van der Waals surface area contributed by atoms with Crippen molar-refractivity contribution in [3.05, 3.63) is 48.0 Å². The van der Waals surface area contributed by atoms with Gasteiger partial charge in [0.15, 0.2) is 0 Å². The van der Waals surface area contributed by atoms with Crippen LogP contribution < -0.4 is 5.84 Å². The van der Waals surface area contributed by atoms with Gasteiger partial charge in [-0.25, -0.2) is 5.84 Å². The van der Waals surface area contributed by atoms with E-state index in [2.05, 4.69) is 63.2 Å². The van der Waals surface area contributed by atoms with E-state index in [-0.39, 0.29) is 0 Å². The van der Waals surface area contributed by atoms with Crippen molar-refractivity contribution < 1.29 is 0 Å².